The Morgan fingerprint density at radius 1 is 1.47 bits per heavy atom. The zero-order chi connectivity index (χ0) is 12.6. The molecule has 6 heteroatoms. The molecule has 1 aliphatic carbocycles. The summed E-state index contributed by atoms with van der Waals surface area (Å²) in [6, 6.07) is 1.27. The Morgan fingerprint density at radius 3 is 2.76 bits per heavy atom. The van der Waals surface area contributed by atoms with Crippen LogP contribution in [0.5, 0.6) is 0 Å². The predicted octanol–water partition coefficient (Wildman–Crippen LogP) is -0.908. The van der Waals surface area contributed by atoms with E-state index in [1.54, 1.807) is 4.90 Å². The summed E-state index contributed by atoms with van der Waals surface area (Å²) in [6.45, 7) is 0. The average molecular weight is 236 g/mol. The van der Waals surface area contributed by atoms with Crippen molar-refractivity contribution in [2.45, 2.75) is 43.8 Å². The number of nitrogens with two attached hydrogens (primary N) is 2. The summed E-state index contributed by atoms with van der Waals surface area (Å²) in [5, 5.41) is 8.96. The van der Waals surface area contributed by atoms with E-state index in [9.17, 15) is 9.59 Å². The highest BCUT2D eigenvalue weighted by Crippen LogP contribution is 2.47. The smallest absolute Gasteiger partial charge is 0.240 e. The maximum Gasteiger partial charge on any atom is 0.240 e. The first-order valence-corrected chi connectivity index (χ1v) is 5.80. The molecule has 1 aliphatic heterocycles. The van der Waals surface area contributed by atoms with E-state index in [1.807, 2.05) is 0 Å². The Hall–Kier alpha value is -1.61. The van der Waals surface area contributed by atoms with Gasteiger partial charge in [-0.1, -0.05) is 0 Å². The molecule has 1 saturated carbocycles. The monoisotopic (exact) mass is 236 g/mol. The molecule has 92 valence electrons. The maximum absolute atomic E-state index is 12.1. The second kappa shape index (κ2) is 4.34. The summed E-state index contributed by atoms with van der Waals surface area (Å²) in [4.78, 5) is 24.3. The predicted molar refractivity (Wildman–Crippen MR) is 59.2 cm³/mol. The van der Waals surface area contributed by atoms with Crippen molar-refractivity contribution in [2.24, 2.45) is 17.4 Å². The van der Waals surface area contributed by atoms with Crippen molar-refractivity contribution < 1.29 is 9.59 Å². The highest BCUT2D eigenvalue weighted by atomic mass is 16.2. The van der Waals surface area contributed by atoms with Gasteiger partial charge in [0, 0.05) is 12.5 Å². The van der Waals surface area contributed by atoms with Crippen molar-refractivity contribution in [3.63, 3.8) is 0 Å². The average Bonchev–Trinajstić information content (AvgIpc) is 2.96. The van der Waals surface area contributed by atoms with Gasteiger partial charge < -0.3 is 16.4 Å². The first kappa shape index (κ1) is 11.9. The Morgan fingerprint density at radius 2 is 2.18 bits per heavy atom. The first-order chi connectivity index (χ1) is 8.04. The fraction of sp³-hybridized carbons (Fsp3) is 0.727. The lowest BCUT2D eigenvalue weighted by Crippen LogP contribution is -2.47. The largest absolute Gasteiger partial charge is 0.370 e. The molecule has 2 rings (SSSR count). The van der Waals surface area contributed by atoms with E-state index in [-0.39, 0.29) is 30.8 Å². The lowest BCUT2D eigenvalue weighted by Gasteiger charge is -2.25. The number of carbonyl (C=O) groups is 2. The zero-order valence-electron chi connectivity index (χ0n) is 9.50. The van der Waals surface area contributed by atoms with E-state index in [4.69, 9.17) is 16.7 Å². The second-order valence-electron chi connectivity index (χ2n) is 4.80. The van der Waals surface area contributed by atoms with Gasteiger partial charge in [0.1, 0.15) is 6.04 Å². The van der Waals surface area contributed by atoms with Crippen molar-refractivity contribution in [1.29, 1.82) is 5.26 Å². The van der Waals surface area contributed by atoms with Crippen LogP contribution in [-0.2, 0) is 9.59 Å². The lowest BCUT2D eigenvalue weighted by atomic mass is 10.1. The molecule has 0 spiro atoms. The fourth-order valence-electron chi connectivity index (χ4n) is 2.50. The van der Waals surface area contributed by atoms with Crippen molar-refractivity contribution in [3.05, 3.63) is 0 Å². The van der Waals surface area contributed by atoms with E-state index in [0.29, 0.717) is 5.92 Å². The van der Waals surface area contributed by atoms with Gasteiger partial charge >= 0.3 is 0 Å². The second-order valence-corrected chi connectivity index (χ2v) is 4.80. The molecule has 1 saturated heterocycles. The third-order valence-corrected chi connectivity index (χ3v) is 3.53. The molecule has 17 heavy (non-hydrogen) atoms. The van der Waals surface area contributed by atoms with Crippen LogP contribution >= 0.6 is 0 Å². The molecular weight excluding hydrogens is 220 g/mol. The van der Waals surface area contributed by atoms with Crippen LogP contribution < -0.4 is 11.5 Å². The number of nitriles is 1. The van der Waals surface area contributed by atoms with Crippen LogP contribution in [0.1, 0.15) is 25.7 Å². The number of likely N-dealkylation sites (tertiary alicyclic amines) is 1. The van der Waals surface area contributed by atoms with E-state index in [2.05, 4.69) is 6.07 Å². The van der Waals surface area contributed by atoms with Gasteiger partial charge in [-0.05, 0) is 25.2 Å². The molecule has 0 aromatic rings. The van der Waals surface area contributed by atoms with Crippen LogP contribution in [0.25, 0.3) is 0 Å². The molecular formula is C11H16N4O2. The number of fused-ring (bicyclic) bond motifs is 1. The third kappa shape index (κ3) is 2.24. The molecule has 2 fully saturated rings. The normalized spacial score (nSPS) is 31.5. The SMILES string of the molecule is N#CC1CC2CC2N1C(=O)[C@@H](N)CCC(N)=O. The number of hydrogen-bond donors (Lipinski definition) is 2. The number of carbonyl (C=O) groups excluding carboxylic acids is 2. The van der Waals surface area contributed by atoms with Crippen molar-refractivity contribution in [2.75, 3.05) is 0 Å². The number of rotatable bonds is 4. The minimum atomic E-state index is -0.724. The van der Waals surface area contributed by atoms with Gasteiger partial charge in [-0.2, -0.15) is 5.26 Å². The Kier molecular flexibility index (Phi) is 3.03. The summed E-state index contributed by atoms with van der Waals surface area (Å²) in [7, 11) is 0. The minimum Gasteiger partial charge on any atom is -0.370 e. The van der Waals surface area contributed by atoms with E-state index in [1.165, 1.54) is 0 Å². The molecule has 2 aliphatic rings. The van der Waals surface area contributed by atoms with Gasteiger partial charge in [0.15, 0.2) is 0 Å². The van der Waals surface area contributed by atoms with Crippen LogP contribution in [-0.4, -0.2) is 34.8 Å². The van der Waals surface area contributed by atoms with Gasteiger partial charge in [-0.3, -0.25) is 9.59 Å². The van der Waals surface area contributed by atoms with E-state index in [0.717, 1.165) is 12.8 Å². The molecule has 0 aromatic carbocycles. The van der Waals surface area contributed by atoms with Gasteiger partial charge in [-0.25, -0.2) is 0 Å². The summed E-state index contributed by atoms with van der Waals surface area (Å²) in [5.41, 5.74) is 10.7. The first-order valence-electron chi connectivity index (χ1n) is 5.80. The van der Waals surface area contributed by atoms with Crippen molar-refractivity contribution in [3.8, 4) is 6.07 Å². The molecule has 0 radical (unpaired) electrons. The molecule has 6 nitrogen and oxygen atoms in total. The molecule has 4 N–H and O–H groups in total. The van der Waals surface area contributed by atoms with Gasteiger partial charge in [0.2, 0.25) is 11.8 Å². The number of amides is 2. The molecule has 0 bridgehead atoms. The van der Waals surface area contributed by atoms with Crippen LogP contribution in [0.2, 0.25) is 0 Å². The molecule has 4 atom stereocenters. The van der Waals surface area contributed by atoms with Crippen LogP contribution in [0.4, 0.5) is 0 Å². The number of piperidine rings is 1. The summed E-state index contributed by atoms with van der Waals surface area (Å²) in [6.07, 6.45) is 2.09. The van der Waals surface area contributed by atoms with Crippen LogP contribution in [0, 0.1) is 17.2 Å². The van der Waals surface area contributed by atoms with Crippen molar-refractivity contribution >= 4 is 11.8 Å². The molecule has 2 amide bonds. The van der Waals surface area contributed by atoms with Gasteiger partial charge in [-0.15, -0.1) is 0 Å². The number of hydrogen-bond acceptors (Lipinski definition) is 4. The van der Waals surface area contributed by atoms with E-state index < -0.39 is 11.9 Å². The Labute approximate surface area is 99.5 Å². The van der Waals surface area contributed by atoms with Crippen LogP contribution in [0.3, 0.4) is 0 Å². The van der Waals surface area contributed by atoms with Gasteiger partial charge in [0.05, 0.1) is 12.1 Å². The third-order valence-electron chi connectivity index (χ3n) is 3.53. The maximum atomic E-state index is 12.1. The molecule has 1 heterocycles. The van der Waals surface area contributed by atoms with Crippen molar-refractivity contribution in [1.82, 2.24) is 4.90 Å². The van der Waals surface area contributed by atoms with E-state index >= 15 is 0 Å². The summed E-state index contributed by atoms with van der Waals surface area (Å²) < 4.78 is 0. The highest BCUT2D eigenvalue weighted by molar-refractivity contribution is 5.84. The van der Waals surface area contributed by atoms with Gasteiger partial charge in [0.25, 0.3) is 0 Å². The Balaban J connectivity index is 1.94. The summed E-state index contributed by atoms with van der Waals surface area (Å²) >= 11 is 0. The number of nitrogens with zero attached hydrogens (tertiary/aromatic N) is 2. The lowest BCUT2D eigenvalue weighted by molar-refractivity contribution is -0.133. The number of primary amides is 1. The zero-order valence-corrected chi connectivity index (χ0v) is 9.50. The molecule has 0 aromatic heterocycles. The Bertz CT molecular complexity index is 389. The minimum absolute atomic E-state index is 0.103. The quantitative estimate of drug-likeness (QED) is 0.657. The van der Waals surface area contributed by atoms with Crippen LogP contribution in [0.15, 0.2) is 0 Å². The highest BCUT2D eigenvalue weighted by Gasteiger charge is 2.54. The standard InChI is InChI=1S/C11H16N4O2/c12-5-7-3-6-4-9(6)15(7)11(17)8(13)1-2-10(14)16/h6-9H,1-4,13H2,(H2,14,16)/t6?,7?,8-,9?/m0/s1. The summed E-state index contributed by atoms with van der Waals surface area (Å²) in [5.74, 6) is -0.203. The fourth-order valence-corrected chi connectivity index (χ4v) is 2.50. The molecule has 3 unspecified atom stereocenters. The topological polar surface area (TPSA) is 113 Å².